The number of rotatable bonds is 6. The van der Waals surface area contributed by atoms with Gasteiger partial charge in [0.15, 0.2) is 0 Å². The van der Waals surface area contributed by atoms with Crippen molar-refractivity contribution in [3.05, 3.63) is 59.7 Å². The van der Waals surface area contributed by atoms with Gasteiger partial charge in [0.25, 0.3) is 0 Å². The molecule has 0 spiro atoms. The van der Waals surface area contributed by atoms with Gasteiger partial charge in [-0.1, -0.05) is 62.4 Å². The minimum absolute atomic E-state index is 0.0447. The molecule has 0 radical (unpaired) electrons. The quantitative estimate of drug-likeness (QED) is 0.721. The molecule has 3 rings (SSSR count). The molecule has 1 atom stereocenters. The Kier molecular flexibility index (Phi) is 5.40. The van der Waals surface area contributed by atoms with Crippen molar-refractivity contribution in [2.24, 2.45) is 5.92 Å². The topological polar surface area (TPSA) is 46.6 Å². The Morgan fingerprint density at radius 1 is 1.08 bits per heavy atom. The van der Waals surface area contributed by atoms with Gasteiger partial charge in [-0.05, 0) is 28.2 Å². The number of fused-ring (bicyclic) bond motifs is 3. The molecular weight excluding hydrogens is 326 g/mol. The van der Waals surface area contributed by atoms with Crippen LogP contribution >= 0.6 is 0 Å². The number of hydrogen-bond donors (Lipinski definition) is 0. The molecule has 0 saturated heterocycles. The summed E-state index contributed by atoms with van der Waals surface area (Å²) in [5.74, 6) is 0.231. The average molecular weight is 351 g/mol. The van der Waals surface area contributed by atoms with Crippen molar-refractivity contribution in [3.8, 4) is 11.1 Å². The first-order valence-corrected chi connectivity index (χ1v) is 9.06. The summed E-state index contributed by atoms with van der Waals surface area (Å²) in [5, 5.41) is 0. The first kappa shape index (κ1) is 18.2. The number of aldehydes is 1. The van der Waals surface area contributed by atoms with E-state index in [1.807, 2.05) is 38.1 Å². The Morgan fingerprint density at radius 3 is 2.12 bits per heavy atom. The van der Waals surface area contributed by atoms with E-state index in [4.69, 9.17) is 4.74 Å². The minimum atomic E-state index is -0.382. The summed E-state index contributed by atoms with van der Waals surface area (Å²) >= 11 is 0. The lowest BCUT2D eigenvalue weighted by molar-refractivity contribution is -0.109. The van der Waals surface area contributed by atoms with Crippen LogP contribution in [0, 0.1) is 5.92 Å². The van der Waals surface area contributed by atoms with Gasteiger partial charge in [-0.2, -0.15) is 0 Å². The third kappa shape index (κ3) is 3.36. The number of nitrogens with zero attached hydrogens (tertiary/aromatic N) is 1. The molecule has 4 nitrogen and oxygen atoms in total. The predicted octanol–water partition coefficient (Wildman–Crippen LogP) is 4.48. The van der Waals surface area contributed by atoms with E-state index < -0.39 is 0 Å². The SMILES string of the molecule is CC(C)[C@H](CC=O)N(C)C(=O)OCC1c2ccccc2-c2ccccc21. The molecule has 2 aromatic carbocycles. The molecular formula is C22H25NO3. The van der Waals surface area contributed by atoms with E-state index in [2.05, 4.69) is 24.3 Å². The molecule has 0 heterocycles. The van der Waals surface area contributed by atoms with Gasteiger partial charge in [0, 0.05) is 25.4 Å². The molecule has 136 valence electrons. The van der Waals surface area contributed by atoms with Crippen LogP contribution in [-0.4, -0.2) is 37.0 Å². The zero-order valence-corrected chi connectivity index (χ0v) is 15.5. The zero-order valence-electron chi connectivity index (χ0n) is 15.5. The summed E-state index contributed by atoms with van der Waals surface area (Å²) in [6.45, 7) is 4.30. The van der Waals surface area contributed by atoms with Crippen LogP contribution in [0.1, 0.15) is 37.3 Å². The third-order valence-corrected chi connectivity index (χ3v) is 5.23. The van der Waals surface area contributed by atoms with Gasteiger partial charge in [0.05, 0.1) is 0 Å². The van der Waals surface area contributed by atoms with Crippen molar-refractivity contribution in [1.29, 1.82) is 0 Å². The van der Waals surface area contributed by atoms with Gasteiger partial charge in [-0.3, -0.25) is 0 Å². The maximum Gasteiger partial charge on any atom is 0.409 e. The normalized spacial score (nSPS) is 13.8. The Morgan fingerprint density at radius 2 is 1.62 bits per heavy atom. The van der Waals surface area contributed by atoms with E-state index in [0.29, 0.717) is 13.0 Å². The number of carbonyl (C=O) groups excluding carboxylic acids is 2. The van der Waals surface area contributed by atoms with Crippen molar-refractivity contribution in [2.75, 3.05) is 13.7 Å². The third-order valence-electron chi connectivity index (χ3n) is 5.23. The number of amides is 1. The van der Waals surface area contributed by atoms with Gasteiger partial charge < -0.3 is 14.4 Å². The maximum atomic E-state index is 12.5. The van der Waals surface area contributed by atoms with E-state index >= 15 is 0 Å². The van der Waals surface area contributed by atoms with Crippen LogP contribution in [0.3, 0.4) is 0 Å². The molecule has 1 aliphatic carbocycles. The standard InChI is InChI=1S/C22H25NO3/c1-15(2)21(12-13-24)23(3)22(25)26-14-20-18-10-6-4-8-16(18)17-9-5-7-11-19(17)20/h4-11,13,15,20-21H,12,14H2,1-3H3/t21-/m0/s1. The molecule has 0 N–H and O–H groups in total. The fraction of sp³-hybridized carbons (Fsp3) is 0.364. The van der Waals surface area contributed by atoms with Gasteiger partial charge in [-0.25, -0.2) is 4.79 Å². The molecule has 4 heteroatoms. The molecule has 1 aliphatic rings. The highest BCUT2D eigenvalue weighted by molar-refractivity contribution is 5.79. The molecule has 0 bridgehead atoms. The highest BCUT2D eigenvalue weighted by Crippen LogP contribution is 2.44. The van der Waals surface area contributed by atoms with Gasteiger partial charge in [-0.15, -0.1) is 0 Å². The van der Waals surface area contributed by atoms with Crippen LogP contribution in [0.5, 0.6) is 0 Å². The van der Waals surface area contributed by atoms with E-state index in [1.54, 1.807) is 11.9 Å². The number of carbonyl (C=O) groups is 2. The molecule has 0 fully saturated rings. The van der Waals surface area contributed by atoms with E-state index in [9.17, 15) is 9.59 Å². The van der Waals surface area contributed by atoms with Gasteiger partial charge >= 0.3 is 6.09 Å². The molecule has 2 aromatic rings. The van der Waals surface area contributed by atoms with Crippen LogP contribution in [-0.2, 0) is 9.53 Å². The lowest BCUT2D eigenvalue weighted by Gasteiger charge is -2.29. The minimum Gasteiger partial charge on any atom is -0.448 e. The summed E-state index contributed by atoms with van der Waals surface area (Å²) in [6, 6.07) is 16.4. The average Bonchev–Trinajstić information content (AvgIpc) is 2.97. The molecule has 0 aromatic heterocycles. The summed E-state index contributed by atoms with van der Waals surface area (Å²) in [6.07, 6.45) is 0.795. The number of ether oxygens (including phenoxy) is 1. The largest absolute Gasteiger partial charge is 0.448 e. The Balaban J connectivity index is 1.75. The Hall–Kier alpha value is -2.62. The molecule has 0 aliphatic heterocycles. The van der Waals surface area contributed by atoms with Crippen LogP contribution < -0.4 is 0 Å². The second kappa shape index (κ2) is 7.73. The maximum absolute atomic E-state index is 12.5. The number of hydrogen-bond acceptors (Lipinski definition) is 3. The fourth-order valence-corrected chi connectivity index (χ4v) is 3.81. The van der Waals surface area contributed by atoms with Crippen LogP contribution in [0.25, 0.3) is 11.1 Å². The first-order chi connectivity index (χ1) is 12.5. The van der Waals surface area contributed by atoms with Crippen molar-refractivity contribution < 1.29 is 14.3 Å². The Bertz CT molecular complexity index is 754. The van der Waals surface area contributed by atoms with Crippen LogP contribution in [0.15, 0.2) is 48.5 Å². The van der Waals surface area contributed by atoms with Crippen molar-refractivity contribution >= 4 is 12.4 Å². The smallest absolute Gasteiger partial charge is 0.409 e. The summed E-state index contributed by atoms with van der Waals surface area (Å²) < 4.78 is 5.65. The van der Waals surface area contributed by atoms with Crippen LogP contribution in [0.4, 0.5) is 4.79 Å². The molecule has 0 unspecified atom stereocenters. The lowest BCUT2D eigenvalue weighted by atomic mass is 9.98. The second-order valence-electron chi connectivity index (χ2n) is 7.13. The Labute approximate surface area is 154 Å². The first-order valence-electron chi connectivity index (χ1n) is 9.06. The molecule has 1 amide bonds. The number of benzene rings is 2. The van der Waals surface area contributed by atoms with E-state index in [1.165, 1.54) is 22.3 Å². The van der Waals surface area contributed by atoms with Crippen molar-refractivity contribution in [3.63, 3.8) is 0 Å². The summed E-state index contributed by atoms with van der Waals surface area (Å²) in [4.78, 5) is 25.0. The van der Waals surface area contributed by atoms with Crippen molar-refractivity contribution in [1.82, 2.24) is 4.90 Å². The summed E-state index contributed by atoms with van der Waals surface area (Å²) in [7, 11) is 1.70. The van der Waals surface area contributed by atoms with Gasteiger partial charge in [0.2, 0.25) is 0 Å². The highest BCUT2D eigenvalue weighted by Gasteiger charge is 2.30. The monoisotopic (exact) mass is 351 g/mol. The fourth-order valence-electron chi connectivity index (χ4n) is 3.81. The summed E-state index contributed by atoms with van der Waals surface area (Å²) in [5.41, 5.74) is 4.80. The predicted molar refractivity (Wildman–Crippen MR) is 102 cm³/mol. The second-order valence-corrected chi connectivity index (χ2v) is 7.13. The van der Waals surface area contributed by atoms with Crippen molar-refractivity contribution in [2.45, 2.75) is 32.2 Å². The highest BCUT2D eigenvalue weighted by atomic mass is 16.6. The van der Waals surface area contributed by atoms with E-state index in [0.717, 1.165) is 6.29 Å². The molecule has 26 heavy (non-hydrogen) atoms. The van der Waals surface area contributed by atoms with Crippen LogP contribution in [0.2, 0.25) is 0 Å². The zero-order chi connectivity index (χ0) is 18.7. The molecule has 0 saturated carbocycles. The van der Waals surface area contributed by atoms with Gasteiger partial charge in [0.1, 0.15) is 12.9 Å². The van der Waals surface area contributed by atoms with E-state index in [-0.39, 0.29) is 24.0 Å². The lowest BCUT2D eigenvalue weighted by Crippen LogP contribution is -2.41.